The van der Waals surface area contributed by atoms with E-state index in [1.54, 1.807) is 0 Å². The molecule has 0 aliphatic carbocycles. The van der Waals surface area contributed by atoms with Gasteiger partial charge in [-0.25, -0.2) is 4.79 Å². The summed E-state index contributed by atoms with van der Waals surface area (Å²) in [5.74, 6) is -1.28. The van der Waals surface area contributed by atoms with Gasteiger partial charge in [-0.1, -0.05) is 39.0 Å². The van der Waals surface area contributed by atoms with Crippen LogP contribution in [0.3, 0.4) is 0 Å². The van der Waals surface area contributed by atoms with Gasteiger partial charge >= 0.3 is 5.97 Å². The van der Waals surface area contributed by atoms with Crippen molar-refractivity contribution in [2.24, 2.45) is 5.41 Å². The highest BCUT2D eigenvalue weighted by atomic mass is 16.5. The molecule has 5 heteroatoms. The molecule has 0 amide bonds. The number of para-hydroxylation sites is 1. The Balaban J connectivity index is 1.98. The highest BCUT2D eigenvalue weighted by Crippen LogP contribution is 2.37. The lowest BCUT2D eigenvalue weighted by Crippen LogP contribution is -2.44. The lowest BCUT2D eigenvalue weighted by atomic mass is 9.84. The molecule has 2 saturated heterocycles. The Hall–Kier alpha value is -2.30. The molecular formula is C17H20N2O3. The van der Waals surface area contributed by atoms with Crippen LogP contribution >= 0.6 is 0 Å². The number of hydrogen-bond acceptors (Lipinski definition) is 5. The third kappa shape index (κ3) is 2.47. The zero-order valence-electron chi connectivity index (χ0n) is 13.1. The fourth-order valence-corrected chi connectivity index (χ4v) is 2.89. The number of rotatable bonds is 1. The van der Waals surface area contributed by atoms with Gasteiger partial charge in [0.15, 0.2) is 0 Å². The van der Waals surface area contributed by atoms with E-state index in [4.69, 9.17) is 4.74 Å². The number of carbonyl (C=O) groups excluding carboxylic acids is 2. The minimum absolute atomic E-state index is 0.0116. The Bertz CT molecular complexity index is 644. The second kappa shape index (κ2) is 5.16. The summed E-state index contributed by atoms with van der Waals surface area (Å²) in [6.45, 7) is 6.57. The van der Waals surface area contributed by atoms with Crippen LogP contribution in [0.25, 0.3) is 0 Å². The third-order valence-electron chi connectivity index (χ3n) is 4.17. The second-order valence-corrected chi connectivity index (χ2v) is 6.77. The summed E-state index contributed by atoms with van der Waals surface area (Å²) >= 11 is 0. The van der Waals surface area contributed by atoms with Crippen LogP contribution in [0.4, 0.5) is 5.69 Å². The van der Waals surface area contributed by atoms with E-state index >= 15 is 0 Å². The summed E-state index contributed by atoms with van der Waals surface area (Å²) in [6, 6.07) is 10.2. The number of ketones is 1. The smallest absolute Gasteiger partial charge is 0.379 e. The predicted molar refractivity (Wildman–Crippen MR) is 82.9 cm³/mol. The topological polar surface area (TPSA) is 58.6 Å². The molecule has 0 radical (unpaired) electrons. The van der Waals surface area contributed by atoms with Gasteiger partial charge in [-0.15, -0.1) is 0 Å². The van der Waals surface area contributed by atoms with E-state index in [0.717, 1.165) is 11.4 Å². The molecular weight excluding hydrogens is 280 g/mol. The standard InChI is InChI=1S/C17H20N2O3/c1-17(2,3)14-9-13(12-10-22-16(21)15(12)20)18-19(14)11-7-5-4-6-8-11/h4-8,14,18H,9-10H2,1-3H3/b13-12-. The minimum atomic E-state index is -0.755. The summed E-state index contributed by atoms with van der Waals surface area (Å²) in [5, 5.41) is 2.08. The molecule has 116 valence electrons. The second-order valence-electron chi connectivity index (χ2n) is 6.77. The van der Waals surface area contributed by atoms with Gasteiger partial charge < -0.3 is 10.2 Å². The summed E-state index contributed by atoms with van der Waals surface area (Å²) in [4.78, 5) is 23.2. The first-order valence-corrected chi connectivity index (χ1v) is 7.42. The first kappa shape index (κ1) is 14.6. The van der Waals surface area contributed by atoms with Gasteiger partial charge in [-0.2, -0.15) is 0 Å². The molecule has 0 saturated carbocycles. The molecule has 2 aliphatic heterocycles. The Kier molecular flexibility index (Phi) is 3.43. The molecule has 3 rings (SSSR count). The van der Waals surface area contributed by atoms with Crippen molar-refractivity contribution in [3.05, 3.63) is 41.6 Å². The van der Waals surface area contributed by atoms with E-state index in [-0.39, 0.29) is 18.1 Å². The van der Waals surface area contributed by atoms with Crippen LogP contribution in [0.2, 0.25) is 0 Å². The van der Waals surface area contributed by atoms with Crippen LogP contribution in [0.15, 0.2) is 41.6 Å². The van der Waals surface area contributed by atoms with E-state index in [1.165, 1.54) is 0 Å². The van der Waals surface area contributed by atoms with Gasteiger partial charge in [-0.3, -0.25) is 9.80 Å². The Morgan fingerprint density at radius 2 is 1.86 bits per heavy atom. The summed E-state index contributed by atoms with van der Waals surface area (Å²) in [6.07, 6.45) is 0.691. The van der Waals surface area contributed by atoms with Crippen LogP contribution < -0.4 is 10.4 Å². The zero-order valence-corrected chi connectivity index (χ0v) is 13.1. The number of anilines is 1. The minimum Gasteiger partial charge on any atom is -0.455 e. The van der Waals surface area contributed by atoms with Crippen LogP contribution in [0, 0.1) is 5.41 Å². The molecule has 1 N–H and O–H groups in total. The van der Waals surface area contributed by atoms with E-state index in [0.29, 0.717) is 12.0 Å². The van der Waals surface area contributed by atoms with Crippen molar-refractivity contribution in [3.63, 3.8) is 0 Å². The Labute approximate surface area is 129 Å². The SMILES string of the molecule is CC(C)(C)C1C/C(=C2\COC(=O)C2=O)NN1c1ccccc1. The molecule has 1 aromatic carbocycles. The average Bonchev–Trinajstić information content (AvgIpc) is 3.05. The number of Topliss-reactive ketones (excluding diaryl/α,β-unsaturated/α-hetero) is 1. The Morgan fingerprint density at radius 1 is 1.18 bits per heavy atom. The summed E-state index contributed by atoms with van der Waals surface area (Å²) in [5.41, 5.74) is 5.61. The van der Waals surface area contributed by atoms with Gasteiger partial charge in [0, 0.05) is 12.1 Å². The van der Waals surface area contributed by atoms with Crippen molar-refractivity contribution < 1.29 is 14.3 Å². The van der Waals surface area contributed by atoms with Gasteiger partial charge in [0.2, 0.25) is 0 Å². The number of hydrogen-bond donors (Lipinski definition) is 1. The summed E-state index contributed by atoms with van der Waals surface area (Å²) in [7, 11) is 0. The highest BCUT2D eigenvalue weighted by Gasteiger charge is 2.41. The molecule has 0 spiro atoms. The van der Waals surface area contributed by atoms with E-state index in [9.17, 15) is 9.59 Å². The molecule has 1 atom stereocenters. The van der Waals surface area contributed by atoms with Gasteiger partial charge in [-0.05, 0) is 17.5 Å². The van der Waals surface area contributed by atoms with Crippen LogP contribution in [0.1, 0.15) is 27.2 Å². The third-order valence-corrected chi connectivity index (χ3v) is 4.17. The maximum Gasteiger partial charge on any atom is 0.379 e. The van der Waals surface area contributed by atoms with Crippen molar-refractivity contribution in [1.82, 2.24) is 5.43 Å². The van der Waals surface area contributed by atoms with Crippen LogP contribution in [-0.2, 0) is 14.3 Å². The molecule has 1 aromatic rings. The summed E-state index contributed by atoms with van der Waals surface area (Å²) < 4.78 is 4.85. The molecule has 5 nitrogen and oxygen atoms in total. The average molecular weight is 300 g/mol. The highest BCUT2D eigenvalue weighted by molar-refractivity contribution is 6.42. The number of benzene rings is 1. The van der Waals surface area contributed by atoms with Crippen molar-refractivity contribution >= 4 is 17.4 Å². The van der Waals surface area contributed by atoms with Crippen molar-refractivity contribution in [2.75, 3.05) is 11.6 Å². The number of nitrogens with one attached hydrogen (secondary N) is 1. The lowest BCUT2D eigenvalue weighted by Gasteiger charge is -2.35. The number of hydrazine groups is 1. The first-order chi connectivity index (χ1) is 10.4. The van der Waals surface area contributed by atoms with Crippen molar-refractivity contribution in [3.8, 4) is 0 Å². The fraction of sp³-hybridized carbons (Fsp3) is 0.412. The van der Waals surface area contributed by atoms with Gasteiger partial charge in [0.05, 0.1) is 17.3 Å². The number of cyclic esters (lactones) is 1. The zero-order chi connectivity index (χ0) is 15.9. The molecule has 0 bridgehead atoms. The number of nitrogens with zero attached hydrogens (tertiary/aromatic N) is 1. The fourth-order valence-electron chi connectivity index (χ4n) is 2.89. The van der Waals surface area contributed by atoms with E-state index in [1.807, 2.05) is 30.3 Å². The first-order valence-electron chi connectivity index (χ1n) is 7.42. The number of carbonyl (C=O) groups is 2. The molecule has 2 aliphatic rings. The quantitative estimate of drug-likeness (QED) is 0.489. The number of ether oxygens (including phenoxy) is 1. The van der Waals surface area contributed by atoms with Gasteiger partial charge in [0.25, 0.3) is 5.78 Å². The molecule has 22 heavy (non-hydrogen) atoms. The van der Waals surface area contributed by atoms with Crippen molar-refractivity contribution in [1.29, 1.82) is 0 Å². The predicted octanol–water partition coefficient (Wildman–Crippen LogP) is 2.20. The largest absolute Gasteiger partial charge is 0.455 e. The van der Waals surface area contributed by atoms with Gasteiger partial charge in [0.1, 0.15) is 6.61 Å². The maximum atomic E-state index is 11.9. The lowest BCUT2D eigenvalue weighted by molar-refractivity contribution is -0.146. The van der Waals surface area contributed by atoms with Crippen molar-refractivity contribution in [2.45, 2.75) is 33.2 Å². The van der Waals surface area contributed by atoms with E-state index < -0.39 is 11.8 Å². The van der Waals surface area contributed by atoms with Crippen LogP contribution in [0.5, 0.6) is 0 Å². The Morgan fingerprint density at radius 3 is 2.41 bits per heavy atom. The van der Waals surface area contributed by atoms with E-state index in [2.05, 4.69) is 31.2 Å². The molecule has 2 fully saturated rings. The normalized spacial score (nSPS) is 25.4. The molecule has 2 heterocycles. The van der Waals surface area contributed by atoms with Crippen LogP contribution in [-0.4, -0.2) is 24.4 Å². The monoisotopic (exact) mass is 300 g/mol. The molecule has 1 unspecified atom stereocenters. The molecule has 0 aromatic heterocycles. The number of esters is 1. The maximum absolute atomic E-state index is 11.9.